The molecule has 1 saturated carbocycles. The van der Waals surface area contributed by atoms with Crippen LogP contribution in [0.4, 0.5) is 4.39 Å². The lowest BCUT2D eigenvalue weighted by atomic mass is 9.81. The highest BCUT2D eigenvalue weighted by atomic mass is 19.1. The summed E-state index contributed by atoms with van der Waals surface area (Å²) >= 11 is 0. The molecule has 23 nitrogen and oxygen atoms in total. The number of aromatic nitrogens is 2. The Morgan fingerprint density at radius 2 is 1.60 bits per heavy atom. The first-order chi connectivity index (χ1) is 37.4. The lowest BCUT2D eigenvalue weighted by Gasteiger charge is -2.31. The average Bonchev–Trinajstić information content (AvgIpc) is 4.04. The van der Waals surface area contributed by atoms with Crippen molar-refractivity contribution in [2.24, 2.45) is 11.8 Å². The fraction of sp³-hybridized carbons (Fsp3) is 0.426. The standard InChI is InChI=1S/C54H58FN9O14/c1-3-54(75)35-19-40-49-33(24-64(40)52(73)34(35)26-78-53(54)74)48-37(10-9-31-28(2)36(55)20-38(61-49)47(31)48)62-50(71)32-18-30(32)25-77-27-59-43(67)22-58-51(72)39(17-29-7-5-4-6-8-29)60-44(68)23-57-42(66)21-56-41(65)13-15-76-16-14-63-45(69)11-12-46(63)70/h4-8,11-12,19-20,30,32,37,39,75H,3,9-10,13-18,21-27H2,1-2H3,(H,56,65)(H,57,66)(H,58,72)(H,59,67)(H,60,68)(H,62,71)/t30-,32+,37+,39+,54+/m1/s1. The minimum Gasteiger partial charge on any atom is -0.458 e. The quantitative estimate of drug-likeness (QED) is 0.0192. The number of halogens is 1. The highest BCUT2D eigenvalue weighted by Gasteiger charge is 2.47. The van der Waals surface area contributed by atoms with Gasteiger partial charge in [-0.2, -0.15) is 0 Å². The molecule has 0 saturated heterocycles. The number of esters is 1. The maximum Gasteiger partial charge on any atom is 0.343 e. The summed E-state index contributed by atoms with van der Waals surface area (Å²) < 4.78 is 33.2. The summed E-state index contributed by atoms with van der Waals surface area (Å²) in [5, 5.41) is 27.7. The Morgan fingerprint density at radius 1 is 0.885 bits per heavy atom. The number of fused-ring (bicyclic) bond motifs is 5. The van der Waals surface area contributed by atoms with E-state index in [0.29, 0.717) is 58.2 Å². The molecule has 5 atom stereocenters. The summed E-state index contributed by atoms with van der Waals surface area (Å²) in [6.45, 7) is 1.62. The van der Waals surface area contributed by atoms with Gasteiger partial charge in [0.2, 0.25) is 35.4 Å². The molecule has 2 aromatic carbocycles. The number of carbonyl (C=O) groups excluding carboxylic acids is 9. The number of ether oxygens (including phenoxy) is 3. The van der Waals surface area contributed by atoms with Gasteiger partial charge in [-0.3, -0.25) is 48.1 Å². The Hall–Kier alpha value is -8.22. The largest absolute Gasteiger partial charge is 0.458 e. The van der Waals surface area contributed by atoms with Crippen molar-refractivity contribution in [1.82, 2.24) is 46.4 Å². The molecule has 3 aliphatic heterocycles. The maximum atomic E-state index is 15.4. The summed E-state index contributed by atoms with van der Waals surface area (Å²) in [4.78, 5) is 133. The van der Waals surface area contributed by atoms with Crippen LogP contribution in [0.3, 0.4) is 0 Å². The van der Waals surface area contributed by atoms with Crippen molar-refractivity contribution in [1.29, 1.82) is 0 Å². The molecule has 5 heterocycles. The van der Waals surface area contributed by atoms with Gasteiger partial charge >= 0.3 is 5.97 Å². The number of nitrogens with one attached hydrogen (secondary N) is 6. The number of carbonyl (C=O) groups is 9. The lowest BCUT2D eigenvalue weighted by Crippen LogP contribution is -2.52. The molecule has 7 N–H and O–H groups in total. The number of rotatable bonds is 23. The molecule has 0 spiro atoms. The van der Waals surface area contributed by atoms with Gasteiger partial charge in [-0.05, 0) is 66.8 Å². The summed E-state index contributed by atoms with van der Waals surface area (Å²) in [6, 6.07) is 10.1. The Bertz CT molecular complexity index is 3220. The molecule has 9 rings (SSSR count). The van der Waals surface area contributed by atoms with Crippen molar-refractivity contribution in [2.45, 2.75) is 83.2 Å². The van der Waals surface area contributed by atoms with Gasteiger partial charge in [0.15, 0.2) is 5.60 Å². The van der Waals surface area contributed by atoms with E-state index in [1.165, 1.54) is 10.6 Å². The smallest absolute Gasteiger partial charge is 0.343 e. The third kappa shape index (κ3) is 11.5. The fourth-order valence-electron chi connectivity index (χ4n) is 10.3. The summed E-state index contributed by atoms with van der Waals surface area (Å²) in [6.07, 6.45) is 3.64. The van der Waals surface area contributed by atoms with Crippen LogP contribution in [0.25, 0.3) is 22.3 Å². The van der Waals surface area contributed by atoms with E-state index >= 15 is 4.39 Å². The normalized spacial score (nSPS) is 19.8. The van der Waals surface area contributed by atoms with Crippen LogP contribution in [0.15, 0.2) is 59.4 Å². The molecule has 8 amide bonds. The van der Waals surface area contributed by atoms with Crippen molar-refractivity contribution >= 4 is 64.1 Å². The fourth-order valence-corrected chi connectivity index (χ4v) is 10.3. The second kappa shape index (κ2) is 23.2. The van der Waals surface area contributed by atoms with Crippen molar-refractivity contribution in [3.05, 3.63) is 110 Å². The van der Waals surface area contributed by atoms with Crippen LogP contribution in [-0.2, 0) is 89.0 Å². The predicted octanol–water partition coefficient (Wildman–Crippen LogP) is -0.235. The molecule has 5 aliphatic rings. The second-order valence-corrected chi connectivity index (χ2v) is 19.7. The number of imide groups is 1. The maximum absolute atomic E-state index is 15.4. The molecule has 24 heteroatoms. The molecule has 410 valence electrons. The Morgan fingerprint density at radius 3 is 2.36 bits per heavy atom. The SMILES string of the molecule is CC[C@@]1(O)C(=O)OCc2c1cc1n(c2=O)Cc2c-1nc1cc(F)c(C)c3c1c2[C@@H](NC(=O)[C@H]1C[C@@H]1COCNC(=O)CNC(=O)[C@H](Cc1ccccc1)NC(=O)CNC(=O)CNC(=O)CCOCCN1C(=O)C=CC1=O)CC3. The Labute approximate surface area is 445 Å². The van der Waals surface area contributed by atoms with Crippen LogP contribution in [-0.4, -0.2) is 132 Å². The number of benzene rings is 2. The first-order valence-corrected chi connectivity index (χ1v) is 25.7. The van der Waals surface area contributed by atoms with E-state index in [1.54, 1.807) is 50.2 Å². The van der Waals surface area contributed by atoms with Crippen LogP contribution in [0.2, 0.25) is 0 Å². The minimum atomic E-state index is -2.03. The third-order valence-corrected chi connectivity index (χ3v) is 14.7. The molecule has 0 unspecified atom stereocenters. The van der Waals surface area contributed by atoms with Gasteiger partial charge in [0.25, 0.3) is 17.4 Å². The molecule has 2 aromatic heterocycles. The topological polar surface area (TPSA) is 312 Å². The Balaban J connectivity index is 0.724. The number of cyclic esters (lactones) is 1. The zero-order chi connectivity index (χ0) is 55.4. The molecular weight excluding hydrogens is 1020 g/mol. The molecule has 1 fully saturated rings. The first kappa shape index (κ1) is 54.6. The van der Waals surface area contributed by atoms with Gasteiger partial charge in [-0.25, -0.2) is 14.2 Å². The van der Waals surface area contributed by atoms with Crippen LogP contribution in [0.5, 0.6) is 0 Å². The van der Waals surface area contributed by atoms with E-state index in [4.69, 9.17) is 19.2 Å². The van der Waals surface area contributed by atoms with Crippen LogP contribution in [0, 0.1) is 24.6 Å². The van der Waals surface area contributed by atoms with Gasteiger partial charge < -0.3 is 55.8 Å². The van der Waals surface area contributed by atoms with Gasteiger partial charge in [0.05, 0.1) is 81.1 Å². The first-order valence-electron chi connectivity index (χ1n) is 25.7. The van der Waals surface area contributed by atoms with E-state index in [9.17, 15) is 53.1 Å². The van der Waals surface area contributed by atoms with E-state index in [0.717, 1.165) is 28.2 Å². The van der Waals surface area contributed by atoms with Crippen LogP contribution >= 0.6 is 0 Å². The highest BCUT2D eigenvalue weighted by molar-refractivity contribution is 6.12. The third-order valence-electron chi connectivity index (χ3n) is 14.7. The van der Waals surface area contributed by atoms with Gasteiger partial charge in [-0.15, -0.1) is 0 Å². The molecule has 2 aliphatic carbocycles. The minimum absolute atomic E-state index is 0.0249. The van der Waals surface area contributed by atoms with Crippen molar-refractivity contribution in [3.63, 3.8) is 0 Å². The number of hydrogen-bond acceptors (Lipinski definition) is 15. The highest BCUT2D eigenvalue weighted by Crippen LogP contribution is 2.47. The number of hydrogen-bond donors (Lipinski definition) is 7. The van der Waals surface area contributed by atoms with Crippen molar-refractivity contribution in [2.75, 3.05) is 52.7 Å². The van der Waals surface area contributed by atoms with Crippen LogP contribution < -0.4 is 37.5 Å². The average molecular weight is 1080 g/mol. The molecule has 4 aromatic rings. The van der Waals surface area contributed by atoms with Gasteiger partial charge in [0.1, 0.15) is 25.2 Å². The van der Waals surface area contributed by atoms with Gasteiger partial charge in [0, 0.05) is 53.5 Å². The van der Waals surface area contributed by atoms with E-state index in [1.807, 2.05) is 0 Å². The second-order valence-electron chi connectivity index (χ2n) is 19.7. The lowest BCUT2D eigenvalue weighted by molar-refractivity contribution is -0.172. The summed E-state index contributed by atoms with van der Waals surface area (Å²) in [7, 11) is 0. The number of amides is 8. The van der Waals surface area contributed by atoms with E-state index < -0.39 is 102 Å². The van der Waals surface area contributed by atoms with Crippen molar-refractivity contribution < 1.29 is 66.9 Å². The van der Waals surface area contributed by atoms with Crippen LogP contribution in [0.1, 0.15) is 77.6 Å². The van der Waals surface area contributed by atoms with E-state index in [-0.39, 0.29) is 88.5 Å². The monoisotopic (exact) mass is 1080 g/mol. The number of pyridine rings is 2. The zero-order valence-corrected chi connectivity index (χ0v) is 42.8. The van der Waals surface area contributed by atoms with Crippen molar-refractivity contribution in [3.8, 4) is 11.4 Å². The van der Waals surface area contributed by atoms with Gasteiger partial charge in [-0.1, -0.05) is 37.3 Å². The number of nitrogens with zero attached hydrogens (tertiary/aromatic N) is 3. The Kier molecular flexibility index (Phi) is 16.2. The molecule has 78 heavy (non-hydrogen) atoms. The van der Waals surface area contributed by atoms with E-state index in [2.05, 4.69) is 31.9 Å². The molecule has 0 radical (unpaired) electrons. The predicted molar refractivity (Wildman–Crippen MR) is 271 cm³/mol. The summed E-state index contributed by atoms with van der Waals surface area (Å²) in [5.41, 5.74) is 2.32. The number of aliphatic hydroxyl groups is 1. The number of aryl methyl sites for hydroxylation is 1. The molecular formula is C54H58FN9O14. The molecule has 0 bridgehead atoms. The zero-order valence-electron chi connectivity index (χ0n) is 42.8. The summed E-state index contributed by atoms with van der Waals surface area (Å²) in [5.74, 6) is -6.16.